The summed E-state index contributed by atoms with van der Waals surface area (Å²) in [7, 11) is 0. The van der Waals surface area contributed by atoms with Crippen LogP contribution in [0.5, 0.6) is 0 Å². The minimum absolute atomic E-state index is 0.0867. The van der Waals surface area contributed by atoms with E-state index in [2.05, 4.69) is 22.4 Å². The van der Waals surface area contributed by atoms with E-state index >= 15 is 0 Å². The molecule has 0 aliphatic heterocycles. The van der Waals surface area contributed by atoms with Crippen LogP contribution in [0, 0.1) is 28.4 Å². The molecule has 2 N–H and O–H groups in total. The molecule has 1 aromatic heterocycles. The van der Waals surface area contributed by atoms with Crippen molar-refractivity contribution in [2.75, 3.05) is 0 Å². The number of aryl methyl sites for hydroxylation is 1. The Morgan fingerprint density at radius 1 is 1.43 bits per heavy atom. The first-order chi connectivity index (χ1) is 10.2. The van der Waals surface area contributed by atoms with Crippen LogP contribution >= 0.6 is 12.2 Å². The molecule has 114 valence electrons. The molecule has 21 heavy (non-hydrogen) atoms. The summed E-state index contributed by atoms with van der Waals surface area (Å²) in [6.45, 7) is 2.40. The Morgan fingerprint density at radius 3 is 2.81 bits per heavy atom. The molecule has 4 atom stereocenters. The van der Waals surface area contributed by atoms with Crippen molar-refractivity contribution in [1.29, 1.82) is 0 Å². The van der Waals surface area contributed by atoms with E-state index in [0.717, 1.165) is 42.3 Å². The summed E-state index contributed by atoms with van der Waals surface area (Å²) in [6, 6.07) is 0.444. The molecule has 0 spiro atoms. The Morgan fingerprint density at radius 2 is 2.14 bits per heavy atom. The van der Waals surface area contributed by atoms with Crippen molar-refractivity contribution in [2.24, 2.45) is 23.7 Å². The number of carbonyl (C=O) groups excluding carboxylic acids is 1. The molecular formula is C15H22N4OS. The van der Waals surface area contributed by atoms with E-state index in [9.17, 15) is 4.79 Å². The standard InChI is InChI=1S/C15H22N4OS/c1-2-3-10-17-18-15(21)19(10)7-11(20)16-14-12-8-4-5-9(6-8)13(12)14/h8-9,12-14H,2-7H2,1H3,(H,16,20)(H,18,21). The van der Waals surface area contributed by atoms with Crippen molar-refractivity contribution in [1.82, 2.24) is 20.1 Å². The summed E-state index contributed by atoms with van der Waals surface area (Å²) in [5.41, 5.74) is 0. The van der Waals surface area contributed by atoms with Crippen molar-refractivity contribution in [3.8, 4) is 0 Å². The van der Waals surface area contributed by atoms with Gasteiger partial charge >= 0.3 is 0 Å². The third-order valence-electron chi connectivity index (χ3n) is 5.68. The Hall–Kier alpha value is -1.17. The second-order valence-corrected chi connectivity index (χ2v) is 7.25. The molecule has 4 rings (SSSR count). The summed E-state index contributed by atoms with van der Waals surface area (Å²) < 4.78 is 2.38. The fourth-order valence-corrected chi connectivity index (χ4v) is 5.04. The van der Waals surface area contributed by atoms with Gasteiger partial charge in [0.25, 0.3) is 0 Å². The number of carbonyl (C=O) groups is 1. The highest BCUT2D eigenvalue weighted by Gasteiger charge is 2.65. The molecule has 1 aromatic rings. The number of aromatic nitrogens is 3. The van der Waals surface area contributed by atoms with Crippen molar-refractivity contribution in [3.63, 3.8) is 0 Å². The molecule has 3 aliphatic rings. The van der Waals surface area contributed by atoms with Crippen LogP contribution in [0.4, 0.5) is 0 Å². The van der Waals surface area contributed by atoms with Gasteiger partial charge in [-0.3, -0.25) is 14.5 Å². The molecule has 4 unspecified atom stereocenters. The summed E-state index contributed by atoms with van der Waals surface area (Å²) >= 11 is 5.23. The Balaban J connectivity index is 1.39. The molecule has 3 saturated carbocycles. The van der Waals surface area contributed by atoms with Crippen LogP contribution in [-0.2, 0) is 17.8 Å². The molecule has 1 amide bonds. The highest BCUT2D eigenvalue weighted by molar-refractivity contribution is 7.71. The zero-order chi connectivity index (χ0) is 14.6. The van der Waals surface area contributed by atoms with Gasteiger partial charge in [0.1, 0.15) is 12.4 Å². The van der Waals surface area contributed by atoms with E-state index in [1.807, 2.05) is 4.57 Å². The topological polar surface area (TPSA) is 62.7 Å². The predicted octanol–water partition coefficient (Wildman–Crippen LogP) is 2.05. The van der Waals surface area contributed by atoms with Crippen LogP contribution in [0.1, 0.15) is 38.4 Å². The van der Waals surface area contributed by atoms with Gasteiger partial charge in [0.15, 0.2) is 4.77 Å². The average Bonchev–Trinajstić information content (AvgIpc) is 2.82. The molecule has 3 fully saturated rings. The highest BCUT2D eigenvalue weighted by Crippen LogP contribution is 2.65. The van der Waals surface area contributed by atoms with Gasteiger partial charge < -0.3 is 5.32 Å². The van der Waals surface area contributed by atoms with Crippen LogP contribution in [0.15, 0.2) is 0 Å². The first-order valence-electron chi connectivity index (χ1n) is 8.12. The zero-order valence-electron chi connectivity index (χ0n) is 12.3. The van der Waals surface area contributed by atoms with Gasteiger partial charge in [-0.1, -0.05) is 6.92 Å². The van der Waals surface area contributed by atoms with Crippen molar-refractivity contribution in [3.05, 3.63) is 10.6 Å². The number of amides is 1. The second kappa shape index (κ2) is 4.93. The maximum absolute atomic E-state index is 12.3. The number of aromatic amines is 1. The van der Waals surface area contributed by atoms with Crippen molar-refractivity contribution < 1.29 is 4.79 Å². The van der Waals surface area contributed by atoms with Gasteiger partial charge in [0, 0.05) is 12.5 Å². The smallest absolute Gasteiger partial charge is 0.240 e. The van der Waals surface area contributed by atoms with Crippen LogP contribution in [0.3, 0.4) is 0 Å². The Bertz CT molecular complexity index is 605. The SMILES string of the molecule is CCCc1n[nH]c(=S)n1CC(=O)NC1C2C3CCC(C3)C12. The van der Waals surface area contributed by atoms with Crippen molar-refractivity contribution in [2.45, 2.75) is 51.6 Å². The molecular weight excluding hydrogens is 284 g/mol. The first kappa shape index (κ1) is 13.5. The van der Waals surface area contributed by atoms with Gasteiger partial charge in [0.05, 0.1) is 0 Å². The van der Waals surface area contributed by atoms with Gasteiger partial charge in [-0.25, -0.2) is 0 Å². The minimum atomic E-state index is 0.0867. The molecule has 6 heteroatoms. The van der Waals surface area contributed by atoms with E-state index in [4.69, 9.17) is 12.2 Å². The lowest BCUT2D eigenvalue weighted by Crippen LogP contribution is -2.33. The fourth-order valence-electron chi connectivity index (χ4n) is 4.82. The third-order valence-corrected chi connectivity index (χ3v) is 5.99. The number of hydrogen-bond acceptors (Lipinski definition) is 3. The number of nitrogens with one attached hydrogen (secondary N) is 2. The number of fused-ring (bicyclic) bond motifs is 5. The molecule has 1 heterocycles. The summed E-state index contributed by atoms with van der Waals surface area (Å²) in [5, 5.41) is 10.3. The molecule has 0 aromatic carbocycles. The Labute approximate surface area is 129 Å². The molecule has 5 nitrogen and oxygen atoms in total. The van der Waals surface area contributed by atoms with E-state index < -0.39 is 0 Å². The van der Waals surface area contributed by atoms with Crippen LogP contribution in [-0.4, -0.2) is 26.7 Å². The normalized spacial score (nSPS) is 35.8. The zero-order valence-corrected chi connectivity index (χ0v) is 13.2. The fraction of sp³-hybridized carbons (Fsp3) is 0.800. The summed E-state index contributed by atoms with van der Waals surface area (Å²) in [4.78, 5) is 12.3. The third kappa shape index (κ3) is 2.15. The molecule has 0 saturated heterocycles. The lowest BCUT2D eigenvalue weighted by molar-refractivity contribution is -0.122. The largest absolute Gasteiger partial charge is 0.351 e. The first-order valence-corrected chi connectivity index (χ1v) is 8.53. The van der Waals surface area contributed by atoms with Gasteiger partial charge in [-0.2, -0.15) is 5.10 Å². The summed E-state index contributed by atoms with van der Waals surface area (Å²) in [5.74, 6) is 4.30. The quantitative estimate of drug-likeness (QED) is 0.819. The maximum Gasteiger partial charge on any atom is 0.240 e. The second-order valence-electron chi connectivity index (χ2n) is 6.86. The summed E-state index contributed by atoms with van der Waals surface area (Å²) in [6.07, 6.45) is 6.02. The Kier molecular flexibility index (Phi) is 3.17. The lowest BCUT2D eigenvalue weighted by Gasteiger charge is -2.11. The number of rotatable bonds is 5. The number of H-pyrrole nitrogens is 1. The van der Waals surface area contributed by atoms with E-state index in [-0.39, 0.29) is 5.91 Å². The van der Waals surface area contributed by atoms with Crippen LogP contribution < -0.4 is 5.32 Å². The minimum Gasteiger partial charge on any atom is -0.351 e. The average molecular weight is 306 g/mol. The van der Waals surface area contributed by atoms with E-state index in [1.54, 1.807) is 0 Å². The van der Waals surface area contributed by atoms with E-state index in [0.29, 0.717) is 17.4 Å². The van der Waals surface area contributed by atoms with Gasteiger partial charge in [-0.15, -0.1) is 0 Å². The van der Waals surface area contributed by atoms with Gasteiger partial charge in [-0.05, 0) is 61.6 Å². The predicted molar refractivity (Wildman–Crippen MR) is 81.1 cm³/mol. The molecule has 3 aliphatic carbocycles. The van der Waals surface area contributed by atoms with Crippen LogP contribution in [0.25, 0.3) is 0 Å². The van der Waals surface area contributed by atoms with Crippen molar-refractivity contribution >= 4 is 18.1 Å². The number of hydrogen-bond donors (Lipinski definition) is 2. The highest BCUT2D eigenvalue weighted by atomic mass is 32.1. The van der Waals surface area contributed by atoms with Crippen LogP contribution in [0.2, 0.25) is 0 Å². The van der Waals surface area contributed by atoms with Gasteiger partial charge in [0.2, 0.25) is 5.91 Å². The number of nitrogens with zero attached hydrogens (tertiary/aromatic N) is 2. The molecule has 0 radical (unpaired) electrons. The molecule has 2 bridgehead atoms. The lowest BCUT2D eigenvalue weighted by atomic mass is 10.0. The maximum atomic E-state index is 12.3. The monoisotopic (exact) mass is 306 g/mol. The van der Waals surface area contributed by atoms with E-state index in [1.165, 1.54) is 19.3 Å².